The molecule has 6 heteroatoms. The molecular weight excluding hydrogens is 318 g/mol. The molecule has 0 N–H and O–H groups in total. The van der Waals surface area contributed by atoms with E-state index in [4.69, 9.17) is 0 Å². The molecule has 1 aromatic rings. The lowest BCUT2D eigenvalue weighted by Gasteiger charge is -2.33. The number of nitrogens with zero attached hydrogens (tertiary/aromatic N) is 3. The second kappa shape index (κ2) is 6.86. The molecule has 1 spiro atoms. The van der Waals surface area contributed by atoms with Gasteiger partial charge in [-0.3, -0.25) is 14.4 Å². The Labute approximate surface area is 148 Å². The molecule has 2 aliphatic rings. The normalized spacial score (nSPS) is 23.9. The van der Waals surface area contributed by atoms with Gasteiger partial charge < -0.3 is 14.7 Å². The summed E-state index contributed by atoms with van der Waals surface area (Å²) in [6.45, 7) is 6.82. The van der Waals surface area contributed by atoms with Crippen LogP contribution < -0.4 is 0 Å². The summed E-state index contributed by atoms with van der Waals surface area (Å²) in [6, 6.07) is 9.19. The fourth-order valence-electron chi connectivity index (χ4n) is 3.95. The molecule has 2 saturated heterocycles. The van der Waals surface area contributed by atoms with E-state index >= 15 is 0 Å². The molecule has 6 nitrogen and oxygen atoms in total. The predicted octanol–water partition coefficient (Wildman–Crippen LogP) is 1.23. The molecule has 25 heavy (non-hydrogen) atoms. The van der Waals surface area contributed by atoms with Crippen LogP contribution in [0.15, 0.2) is 30.3 Å². The predicted molar refractivity (Wildman–Crippen MR) is 93.9 cm³/mol. The van der Waals surface area contributed by atoms with Crippen LogP contribution in [0.25, 0.3) is 0 Å². The van der Waals surface area contributed by atoms with E-state index < -0.39 is 0 Å². The second-order valence-electron chi connectivity index (χ2n) is 7.12. The molecule has 134 valence electrons. The minimum Gasteiger partial charge on any atom is -0.342 e. The molecular formula is C19H25N3O3. The van der Waals surface area contributed by atoms with Crippen molar-refractivity contribution in [1.29, 1.82) is 0 Å². The van der Waals surface area contributed by atoms with Crippen LogP contribution in [0, 0.1) is 5.41 Å². The highest BCUT2D eigenvalue weighted by Crippen LogP contribution is 2.35. The van der Waals surface area contributed by atoms with Crippen molar-refractivity contribution in [2.45, 2.75) is 20.3 Å². The van der Waals surface area contributed by atoms with Gasteiger partial charge in [-0.05, 0) is 19.1 Å². The Morgan fingerprint density at radius 2 is 1.68 bits per heavy atom. The fourth-order valence-corrected chi connectivity index (χ4v) is 3.95. The summed E-state index contributed by atoms with van der Waals surface area (Å²) in [5, 5.41) is 0. The summed E-state index contributed by atoms with van der Waals surface area (Å²) in [4.78, 5) is 42.7. The standard InChI is InChI=1S/C19H25N3O3/c1-3-20-12-19(11-17(20)24)13-21(15(2)23)9-10-22(14-19)18(25)16-7-5-4-6-8-16/h4-8H,3,9-14H2,1-2H3/t19-/m0/s1. The first-order chi connectivity index (χ1) is 11.9. The van der Waals surface area contributed by atoms with E-state index in [0.717, 1.165) is 0 Å². The number of likely N-dealkylation sites (tertiary alicyclic amines) is 1. The van der Waals surface area contributed by atoms with E-state index in [9.17, 15) is 14.4 Å². The van der Waals surface area contributed by atoms with Gasteiger partial charge in [-0.15, -0.1) is 0 Å². The molecule has 0 aliphatic carbocycles. The Morgan fingerprint density at radius 3 is 2.28 bits per heavy atom. The summed E-state index contributed by atoms with van der Waals surface area (Å²) in [5.74, 6) is 0.0727. The third-order valence-corrected chi connectivity index (χ3v) is 5.23. The first-order valence-corrected chi connectivity index (χ1v) is 8.82. The van der Waals surface area contributed by atoms with Gasteiger partial charge in [0.2, 0.25) is 11.8 Å². The van der Waals surface area contributed by atoms with E-state index in [1.54, 1.807) is 24.0 Å². The zero-order valence-corrected chi connectivity index (χ0v) is 14.9. The molecule has 2 heterocycles. The van der Waals surface area contributed by atoms with Gasteiger partial charge >= 0.3 is 0 Å². The van der Waals surface area contributed by atoms with Crippen LogP contribution in [0.1, 0.15) is 30.6 Å². The van der Waals surface area contributed by atoms with Crippen LogP contribution in [0.4, 0.5) is 0 Å². The van der Waals surface area contributed by atoms with Crippen LogP contribution in [0.2, 0.25) is 0 Å². The number of amides is 3. The Balaban J connectivity index is 1.88. The van der Waals surface area contributed by atoms with E-state index in [2.05, 4.69) is 0 Å². The zero-order valence-electron chi connectivity index (χ0n) is 14.9. The number of hydrogen-bond acceptors (Lipinski definition) is 3. The Hall–Kier alpha value is -2.37. The highest BCUT2D eigenvalue weighted by atomic mass is 16.2. The van der Waals surface area contributed by atoms with Gasteiger partial charge in [0.1, 0.15) is 0 Å². The smallest absolute Gasteiger partial charge is 0.253 e. The molecule has 0 bridgehead atoms. The van der Waals surface area contributed by atoms with Crippen molar-refractivity contribution in [3.8, 4) is 0 Å². The number of carbonyl (C=O) groups excluding carboxylic acids is 3. The van der Waals surface area contributed by atoms with Crippen molar-refractivity contribution in [2.75, 3.05) is 39.3 Å². The van der Waals surface area contributed by atoms with Gasteiger partial charge in [0, 0.05) is 63.6 Å². The van der Waals surface area contributed by atoms with E-state index in [-0.39, 0.29) is 23.1 Å². The molecule has 2 fully saturated rings. The minimum atomic E-state index is -0.375. The zero-order chi connectivity index (χ0) is 18.0. The van der Waals surface area contributed by atoms with Crippen molar-refractivity contribution in [1.82, 2.24) is 14.7 Å². The SMILES string of the molecule is CCN1C[C@@]2(CC1=O)CN(C(C)=O)CCN(C(=O)c1ccccc1)C2. The van der Waals surface area contributed by atoms with Crippen LogP contribution in [0.3, 0.4) is 0 Å². The quantitative estimate of drug-likeness (QED) is 0.811. The van der Waals surface area contributed by atoms with Crippen molar-refractivity contribution >= 4 is 17.7 Å². The maximum atomic E-state index is 12.9. The van der Waals surface area contributed by atoms with Gasteiger partial charge in [-0.1, -0.05) is 18.2 Å². The van der Waals surface area contributed by atoms with Crippen LogP contribution in [-0.2, 0) is 9.59 Å². The first-order valence-electron chi connectivity index (χ1n) is 8.82. The summed E-state index contributed by atoms with van der Waals surface area (Å²) < 4.78 is 0. The lowest BCUT2D eigenvalue weighted by atomic mass is 9.85. The van der Waals surface area contributed by atoms with Gasteiger partial charge in [-0.25, -0.2) is 0 Å². The van der Waals surface area contributed by atoms with Gasteiger partial charge in [0.25, 0.3) is 5.91 Å². The third-order valence-electron chi connectivity index (χ3n) is 5.23. The average molecular weight is 343 g/mol. The van der Waals surface area contributed by atoms with Crippen molar-refractivity contribution < 1.29 is 14.4 Å². The highest BCUT2D eigenvalue weighted by molar-refractivity contribution is 5.94. The third kappa shape index (κ3) is 3.52. The van der Waals surface area contributed by atoms with Crippen molar-refractivity contribution in [3.63, 3.8) is 0 Å². The van der Waals surface area contributed by atoms with Gasteiger partial charge in [0.05, 0.1) is 0 Å². The Bertz CT molecular complexity index is 676. The maximum Gasteiger partial charge on any atom is 0.253 e. The summed E-state index contributed by atoms with van der Waals surface area (Å²) >= 11 is 0. The molecule has 3 rings (SSSR count). The molecule has 1 aromatic carbocycles. The number of rotatable bonds is 2. The van der Waals surface area contributed by atoms with E-state index in [1.807, 2.05) is 34.9 Å². The highest BCUT2D eigenvalue weighted by Gasteiger charge is 2.47. The number of carbonyl (C=O) groups is 3. The molecule has 0 saturated carbocycles. The topological polar surface area (TPSA) is 60.9 Å². The molecule has 0 unspecified atom stereocenters. The summed E-state index contributed by atoms with van der Waals surface area (Å²) in [7, 11) is 0. The van der Waals surface area contributed by atoms with Crippen LogP contribution in [-0.4, -0.2) is 71.7 Å². The van der Waals surface area contributed by atoms with Gasteiger partial charge in [0.15, 0.2) is 0 Å². The van der Waals surface area contributed by atoms with Crippen LogP contribution >= 0.6 is 0 Å². The number of hydrogen-bond donors (Lipinski definition) is 0. The Kier molecular flexibility index (Phi) is 4.79. The second-order valence-corrected chi connectivity index (χ2v) is 7.12. The minimum absolute atomic E-state index is 0.00391. The van der Waals surface area contributed by atoms with Crippen molar-refractivity contribution in [3.05, 3.63) is 35.9 Å². The molecule has 1 atom stereocenters. The van der Waals surface area contributed by atoms with Gasteiger partial charge in [-0.2, -0.15) is 0 Å². The largest absolute Gasteiger partial charge is 0.342 e. The fraction of sp³-hybridized carbons (Fsp3) is 0.526. The summed E-state index contributed by atoms with van der Waals surface area (Å²) in [5.41, 5.74) is 0.269. The van der Waals surface area contributed by atoms with E-state index in [0.29, 0.717) is 51.3 Å². The van der Waals surface area contributed by atoms with Crippen LogP contribution in [0.5, 0.6) is 0 Å². The molecule has 0 aromatic heterocycles. The maximum absolute atomic E-state index is 12.9. The lowest BCUT2D eigenvalue weighted by molar-refractivity contribution is -0.130. The molecule has 0 radical (unpaired) electrons. The molecule has 3 amide bonds. The summed E-state index contributed by atoms with van der Waals surface area (Å²) in [6.07, 6.45) is 0.392. The monoisotopic (exact) mass is 343 g/mol. The molecule has 2 aliphatic heterocycles. The first kappa shape index (κ1) is 17.5. The average Bonchev–Trinajstić information content (AvgIpc) is 2.80. The Morgan fingerprint density at radius 1 is 1.04 bits per heavy atom. The van der Waals surface area contributed by atoms with E-state index in [1.165, 1.54) is 0 Å². The van der Waals surface area contributed by atoms with Crippen molar-refractivity contribution in [2.24, 2.45) is 5.41 Å². The number of benzene rings is 1. The lowest BCUT2D eigenvalue weighted by Crippen LogP contribution is -2.45.